The van der Waals surface area contributed by atoms with Gasteiger partial charge in [-0.1, -0.05) is 60.7 Å². The molecule has 0 fully saturated rings. The fourth-order valence-electron chi connectivity index (χ4n) is 2.45. The van der Waals surface area contributed by atoms with Gasteiger partial charge in [-0.25, -0.2) is 0 Å². The molecule has 148 valence electrons. The standard InChI is InChI=1S/C20H26O5S2/c21-11-16(22)17(23)18(24)19(25)20(26-12-14-7-3-1-4-8-14)27-13-15-9-5-2-6-10-15/h1-10,16-25H,11-13H2/t16-,17-,18-,19+/m1/s1. The molecule has 5 N–H and O–H groups in total. The minimum atomic E-state index is -1.62. The van der Waals surface area contributed by atoms with Crippen molar-refractivity contribution in [2.24, 2.45) is 0 Å². The summed E-state index contributed by atoms with van der Waals surface area (Å²) in [4.78, 5) is 0. The summed E-state index contributed by atoms with van der Waals surface area (Å²) >= 11 is 2.93. The predicted octanol–water partition coefficient (Wildman–Crippen LogP) is 1.62. The highest BCUT2D eigenvalue weighted by Crippen LogP contribution is 2.34. The van der Waals surface area contributed by atoms with Crippen molar-refractivity contribution in [3.05, 3.63) is 71.8 Å². The van der Waals surface area contributed by atoms with Crippen LogP contribution in [-0.4, -0.2) is 61.1 Å². The number of hydrogen-bond donors (Lipinski definition) is 5. The van der Waals surface area contributed by atoms with Gasteiger partial charge in [0.05, 0.1) is 11.2 Å². The van der Waals surface area contributed by atoms with E-state index < -0.39 is 35.6 Å². The Labute approximate surface area is 168 Å². The van der Waals surface area contributed by atoms with E-state index in [1.807, 2.05) is 60.7 Å². The van der Waals surface area contributed by atoms with Gasteiger partial charge in [0.15, 0.2) is 0 Å². The highest BCUT2D eigenvalue weighted by atomic mass is 32.2. The predicted molar refractivity (Wildman–Crippen MR) is 110 cm³/mol. The Hall–Kier alpha value is -1.06. The molecule has 0 amide bonds. The Bertz CT molecular complexity index is 600. The highest BCUT2D eigenvalue weighted by molar-refractivity contribution is 8.16. The lowest BCUT2D eigenvalue weighted by Gasteiger charge is -2.30. The van der Waals surface area contributed by atoms with E-state index >= 15 is 0 Å². The lowest BCUT2D eigenvalue weighted by atomic mass is 10.0. The van der Waals surface area contributed by atoms with E-state index in [0.717, 1.165) is 11.1 Å². The summed E-state index contributed by atoms with van der Waals surface area (Å²) in [5, 5.41) is 49.3. The Morgan fingerprint density at radius 3 is 1.48 bits per heavy atom. The molecule has 0 spiro atoms. The van der Waals surface area contributed by atoms with Crippen molar-refractivity contribution >= 4 is 23.5 Å². The maximum Gasteiger partial charge on any atom is 0.111 e. The highest BCUT2D eigenvalue weighted by Gasteiger charge is 2.35. The average molecular weight is 411 g/mol. The first-order chi connectivity index (χ1) is 13.0. The van der Waals surface area contributed by atoms with Crippen molar-refractivity contribution in [3.63, 3.8) is 0 Å². The largest absolute Gasteiger partial charge is 0.394 e. The molecule has 0 saturated heterocycles. The quantitative estimate of drug-likeness (QED) is 0.359. The van der Waals surface area contributed by atoms with Gasteiger partial charge in [0.2, 0.25) is 0 Å². The first-order valence-corrected chi connectivity index (χ1v) is 10.8. The molecular weight excluding hydrogens is 384 g/mol. The van der Waals surface area contributed by atoms with Crippen molar-refractivity contribution < 1.29 is 25.5 Å². The Morgan fingerprint density at radius 1 is 0.630 bits per heavy atom. The summed E-state index contributed by atoms with van der Waals surface area (Å²) in [6.07, 6.45) is -5.97. The molecule has 0 aliphatic heterocycles. The molecule has 0 bridgehead atoms. The SMILES string of the molecule is OC[C@@H](O)[C@@H](O)[C@@H](O)[C@H](O)C(SCc1ccccc1)SCc1ccccc1. The third-order valence-electron chi connectivity index (χ3n) is 4.07. The second-order valence-electron chi connectivity index (χ2n) is 6.18. The van der Waals surface area contributed by atoms with Crippen LogP contribution in [0.2, 0.25) is 0 Å². The van der Waals surface area contributed by atoms with Gasteiger partial charge in [-0.05, 0) is 11.1 Å². The van der Waals surface area contributed by atoms with Crippen LogP contribution in [-0.2, 0) is 11.5 Å². The monoisotopic (exact) mass is 410 g/mol. The number of aliphatic hydroxyl groups excluding tert-OH is 5. The van der Waals surface area contributed by atoms with Gasteiger partial charge in [-0.3, -0.25) is 0 Å². The van der Waals surface area contributed by atoms with Crippen molar-refractivity contribution in [2.45, 2.75) is 40.5 Å². The average Bonchev–Trinajstić information content (AvgIpc) is 2.73. The smallest absolute Gasteiger partial charge is 0.111 e. The molecule has 0 aliphatic carbocycles. The zero-order valence-electron chi connectivity index (χ0n) is 14.8. The zero-order chi connectivity index (χ0) is 19.6. The lowest BCUT2D eigenvalue weighted by Crippen LogP contribution is -2.48. The number of aliphatic hydroxyl groups is 5. The van der Waals surface area contributed by atoms with Gasteiger partial charge in [-0.15, -0.1) is 23.5 Å². The van der Waals surface area contributed by atoms with Crippen LogP contribution in [0.4, 0.5) is 0 Å². The molecular formula is C20H26O5S2. The molecule has 4 atom stereocenters. The summed E-state index contributed by atoms with van der Waals surface area (Å²) in [6, 6.07) is 19.6. The third-order valence-corrected chi connectivity index (χ3v) is 7.11. The molecule has 0 saturated carbocycles. The van der Waals surface area contributed by atoms with E-state index in [4.69, 9.17) is 5.11 Å². The number of thioether (sulfide) groups is 2. The van der Waals surface area contributed by atoms with Crippen molar-refractivity contribution in [2.75, 3.05) is 6.61 Å². The van der Waals surface area contributed by atoms with Gasteiger partial charge < -0.3 is 25.5 Å². The molecule has 0 radical (unpaired) electrons. The minimum absolute atomic E-state index is 0.430. The Balaban J connectivity index is 2.04. The lowest BCUT2D eigenvalue weighted by molar-refractivity contribution is -0.111. The third kappa shape index (κ3) is 7.12. The number of hydrogen-bond acceptors (Lipinski definition) is 7. The van der Waals surface area contributed by atoms with Crippen LogP contribution in [0.3, 0.4) is 0 Å². The molecule has 5 nitrogen and oxygen atoms in total. The van der Waals surface area contributed by atoms with Crippen molar-refractivity contribution in [3.8, 4) is 0 Å². The van der Waals surface area contributed by atoms with Crippen LogP contribution in [0, 0.1) is 0 Å². The summed E-state index contributed by atoms with van der Waals surface area (Å²) in [5.41, 5.74) is 2.18. The van der Waals surface area contributed by atoms with E-state index in [1.54, 1.807) is 0 Å². The summed E-state index contributed by atoms with van der Waals surface area (Å²) in [5.74, 6) is 1.27. The molecule has 2 aromatic carbocycles. The van der Waals surface area contributed by atoms with Gasteiger partial charge in [0.1, 0.15) is 24.4 Å². The fourth-order valence-corrected chi connectivity index (χ4v) is 5.06. The number of rotatable bonds is 11. The summed E-state index contributed by atoms with van der Waals surface area (Å²) < 4.78 is -0.430. The van der Waals surface area contributed by atoms with Gasteiger partial charge in [0.25, 0.3) is 0 Å². The molecule has 0 aliphatic rings. The van der Waals surface area contributed by atoms with Crippen molar-refractivity contribution in [1.82, 2.24) is 0 Å². The van der Waals surface area contributed by atoms with Crippen LogP contribution in [0.15, 0.2) is 60.7 Å². The normalized spacial score (nSPS) is 16.1. The first-order valence-electron chi connectivity index (χ1n) is 8.67. The second kappa shape index (κ2) is 11.7. The van der Waals surface area contributed by atoms with Gasteiger partial charge in [-0.2, -0.15) is 0 Å². The molecule has 27 heavy (non-hydrogen) atoms. The van der Waals surface area contributed by atoms with Crippen LogP contribution in [0.1, 0.15) is 11.1 Å². The first kappa shape index (κ1) is 22.2. The van der Waals surface area contributed by atoms with Crippen molar-refractivity contribution in [1.29, 1.82) is 0 Å². The fraction of sp³-hybridized carbons (Fsp3) is 0.400. The van der Waals surface area contributed by atoms with Crippen LogP contribution in [0.25, 0.3) is 0 Å². The summed E-state index contributed by atoms with van der Waals surface area (Å²) in [7, 11) is 0. The van der Waals surface area contributed by atoms with Gasteiger partial charge in [0, 0.05) is 11.5 Å². The number of benzene rings is 2. The summed E-state index contributed by atoms with van der Waals surface area (Å²) in [6.45, 7) is -0.691. The zero-order valence-corrected chi connectivity index (χ0v) is 16.5. The maximum atomic E-state index is 10.6. The van der Waals surface area contributed by atoms with E-state index in [1.165, 1.54) is 23.5 Å². The van der Waals surface area contributed by atoms with Crippen LogP contribution >= 0.6 is 23.5 Å². The Kier molecular flexibility index (Phi) is 9.64. The molecule has 0 unspecified atom stereocenters. The maximum absolute atomic E-state index is 10.6. The Morgan fingerprint density at radius 2 is 1.07 bits per heavy atom. The van der Waals surface area contributed by atoms with Crippen LogP contribution in [0.5, 0.6) is 0 Å². The minimum Gasteiger partial charge on any atom is -0.394 e. The van der Waals surface area contributed by atoms with E-state index in [2.05, 4.69) is 0 Å². The second-order valence-corrected chi connectivity index (χ2v) is 8.74. The van der Waals surface area contributed by atoms with E-state index in [-0.39, 0.29) is 0 Å². The molecule has 2 aromatic rings. The van der Waals surface area contributed by atoms with Gasteiger partial charge >= 0.3 is 0 Å². The molecule has 0 aromatic heterocycles. The topological polar surface area (TPSA) is 101 Å². The molecule has 7 heteroatoms. The molecule has 2 rings (SSSR count). The van der Waals surface area contributed by atoms with Crippen LogP contribution < -0.4 is 0 Å². The molecule has 0 heterocycles. The van der Waals surface area contributed by atoms with E-state index in [9.17, 15) is 20.4 Å². The van der Waals surface area contributed by atoms with E-state index in [0.29, 0.717) is 11.5 Å².